The van der Waals surface area contributed by atoms with Crippen LogP contribution in [0.4, 0.5) is 0 Å². The minimum absolute atomic E-state index is 0.164. The Labute approximate surface area is 67.5 Å². The van der Waals surface area contributed by atoms with Gasteiger partial charge in [-0.25, -0.2) is 0 Å². The fourth-order valence-electron chi connectivity index (χ4n) is 1.03. The third-order valence-electron chi connectivity index (χ3n) is 1.79. The molecule has 11 heavy (non-hydrogen) atoms. The number of nitrogens with two attached hydrogens (primary N) is 1. The Bertz CT molecular complexity index is 233. The van der Waals surface area contributed by atoms with Gasteiger partial charge in [0.15, 0.2) is 0 Å². The van der Waals surface area contributed by atoms with E-state index in [1.54, 1.807) is 6.20 Å². The lowest BCUT2D eigenvalue weighted by Gasteiger charge is -2.08. The molecule has 0 fully saturated rings. The van der Waals surface area contributed by atoms with Gasteiger partial charge in [-0.1, -0.05) is 6.92 Å². The molecule has 0 bridgehead atoms. The first kappa shape index (κ1) is 8.21. The Morgan fingerprint density at radius 1 is 1.64 bits per heavy atom. The zero-order valence-electron chi connectivity index (χ0n) is 7.04. The zero-order chi connectivity index (χ0) is 8.27. The largest absolute Gasteiger partial charge is 0.324 e. The van der Waals surface area contributed by atoms with Crippen molar-refractivity contribution in [2.45, 2.75) is 26.3 Å². The Hall–Kier alpha value is -0.890. The van der Waals surface area contributed by atoms with Crippen LogP contribution in [-0.2, 0) is 0 Å². The average Bonchev–Trinajstić information content (AvgIpc) is 2.03. The van der Waals surface area contributed by atoms with Gasteiger partial charge in [0, 0.05) is 17.9 Å². The molecule has 0 aliphatic carbocycles. The molecule has 0 aromatic carbocycles. The minimum atomic E-state index is 0.164. The summed E-state index contributed by atoms with van der Waals surface area (Å²) in [6.07, 6.45) is 2.78. The van der Waals surface area contributed by atoms with Gasteiger partial charge in [-0.15, -0.1) is 0 Å². The van der Waals surface area contributed by atoms with Crippen LogP contribution in [0, 0.1) is 6.92 Å². The summed E-state index contributed by atoms with van der Waals surface area (Å²) in [5.74, 6) is 0. The van der Waals surface area contributed by atoms with Gasteiger partial charge in [0.05, 0.1) is 0 Å². The molecular formula is C9H14N2. The molecule has 1 rings (SSSR count). The van der Waals surface area contributed by atoms with Crippen molar-refractivity contribution < 1.29 is 0 Å². The number of hydrogen-bond donors (Lipinski definition) is 1. The van der Waals surface area contributed by atoms with Gasteiger partial charge in [0.25, 0.3) is 0 Å². The van der Waals surface area contributed by atoms with E-state index < -0.39 is 0 Å². The smallest absolute Gasteiger partial charge is 0.0375 e. The molecule has 1 heterocycles. The van der Waals surface area contributed by atoms with Crippen molar-refractivity contribution >= 4 is 0 Å². The van der Waals surface area contributed by atoms with Gasteiger partial charge in [-0.2, -0.15) is 0 Å². The van der Waals surface area contributed by atoms with Gasteiger partial charge in [0.1, 0.15) is 0 Å². The highest BCUT2D eigenvalue weighted by atomic mass is 14.7. The minimum Gasteiger partial charge on any atom is -0.324 e. The van der Waals surface area contributed by atoms with Crippen molar-refractivity contribution in [1.29, 1.82) is 0 Å². The Morgan fingerprint density at radius 2 is 2.36 bits per heavy atom. The standard InChI is InChI=1S/C9H14N2/c1-3-9(10)8-4-5-11-7(2)6-8/h4-6,9H,3,10H2,1-2H3/t9-/m1/s1. The molecule has 2 N–H and O–H groups in total. The van der Waals surface area contributed by atoms with Crippen LogP contribution in [0.5, 0.6) is 0 Å². The highest BCUT2D eigenvalue weighted by Gasteiger charge is 2.01. The van der Waals surface area contributed by atoms with Crippen LogP contribution in [0.1, 0.15) is 30.6 Å². The zero-order valence-corrected chi connectivity index (χ0v) is 7.04. The topological polar surface area (TPSA) is 38.9 Å². The molecule has 1 aromatic heterocycles. The lowest BCUT2D eigenvalue weighted by molar-refractivity contribution is 0.696. The van der Waals surface area contributed by atoms with Crippen LogP contribution in [0.15, 0.2) is 18.3 Å². The maximum Gasteiger partial charge on any atom is 0.0375 e. The molecule has 60 valence electrons. The van der Waals surface area contributed by atoms with Crippen molar-refractivity contribution in [3.05, 3.63) is 29.6 Å². The van der Waals surface area contributed by atoms with Crippen LogP contribution in [0.2, 0.25) is 0 Å². The molecule has 1 aromatic rings. The van der Waals surface area contributed by atoms with E-state index in [1.165, 1.54) is 5.56 Å². The number of pyridine rings is 1. The summed E-state index contributed by atoms with van der Waals surface area (Å²) in [6, 6.07) is 4.17. The fraction of sp³-hybridized carbons (Fsp3) is 0.444. The van der Waals surface area contributed by atoms with E-state index in [9.17, 15) is 0 Å². The van der Waals surface area contributed by atoms with Gasteiger partial charge >= 0.3 is 0 Å². The number of aromatic nitrogens is 1. The van der Waals surface area contributed by atoms with Gasteiger partial charge < -0.3 is 5.73 Å². The van der Waals surface area contributed by atoms with Gasteiger partial charge in [-0.3, -0.25) is 4.98 Å². The molecule has 2 heteroatoms. The van der Waals surface area contributed by atoms with Crippen LogP contribution < -0.4 is 5.73 Å². The molecule has 0 saturated heterocycles. The first-order valence-corrected chi connectivity index (χ1v) is 3.92. The number of aryl methyl sites for hydroxylation is 1. The van der Waals surface area contributed by atoms with Crippen molar-refractivity contribution in [2.24, 2.45) is 5.73 Å². The van der Waals surface area contributed by atoms with Gasteiger partial charge in [-0.05, 0) is 31.0 Å². The molecule has 0 amide bonds. The third-order valence-corrected chi connectivity index (χ3v) is 1.79. The Morgan fingerprint density at radius 3 is 2.91 bits per heavy atom. The predicted molar refractivity (Wildman–Crippen MR) is 46.2 cm³/mol. The summed E-state index contributed by atoms with van der Waals surface area (Å²) in [4.78, 5) is 4.10. The number of nitrogens with zero attached hydrogens (tertiary/aromatic N) is 1. The van der Waals surface area contributed by atoms with Crippen molar-refractivity contribution in [3.8, 4) is 0 Å². The van der Waals surface area contributed by atoms with E-state index in [1.807, 2.05) is 19.1 Å². The van der Waals surface area contributed by atoms with Crippen LogP contribution >= 0.6 is 0 Å². The third kappa shape index (κ3) is 2.02. The highest BCUT2D eigenvalue weighted by Crippen LogP contribution is 2.12. The first-order valence-electron chi connectivity index (χ1n) is 3.92. The van der Waals surface area contributed by atoms with E-state index in [0.717, 1.165) is 12.1 Å². The fourth-order valence-corrected chi connectivity index (χ4v) is 1.03. The van der Waals surface area contributed by atoms with Crippen molar-refractivity contribution in [3.63, 3.8) is 0 Å². The van der Waals surface area contributed by atoms with Crippen molar-refractivity contribution in [1.82, 2.24) is 4.98 Å². The maximum absolute atomic E-state index is 5.84. The molecule has 0 aliphatic heterocycles. The summed E-state index contributed by atoms with van der Waals surface area (Å²) in [5, 5.41) is 0. The molecule has 0 unspecified atom stereocenters. The Kier molecular flexibility index (Phi) is 2.60. The second-order valence-corrected chi connectivity index (χ2v) is 2.75. The van der Waals surface area contributed by atoms with Gasteiger partial charge in [0.2, 0.25) is 0 Å². The van der Waals surface area contributed by atoms with Crippen LogP contribution in [0.25, 0.3) is 0 Å². The van der Waals surface area contributed by atoms with E-state index in [-0.39, 0.29) is 6.04 Å². The molecule has 2 nitrogen and oxygen atoms in total. The van der Waals surface area contributed by atoms with E-state index in [2.05, 4.69) is 11.9 Å². The summed E-state index contributed by atoms with van der Waals surface area (Å²) >= 11 is 0. The lowest BCUT2D eigenvalue weighted by Crippen LogP contribution is -2.08. The normalized spacial score (nSPS) is 13.0. The highest BCUT2D eigenvalue weighted by molar-refractivity contribution is 5.18. The summed E-state index contributed by atoms with van der Waals surface area (Å²) in [6.45, 7) is 4.06. The monoisotopic (exact) mass is 150 g/mol. The molecule has 1 atom stereocenters. The molecule has 0 aliphatic rings. The lowest BCUT2D eigenvalue weighted by atomic mass is 10.1. The van der Waals surface area contributed by atoms with Crippen molar-refractivity contribution in [2.75, 3.05) is 0 Å². The summed E-state index contributed by atoms with van der Waals surface area (Å²) < 4.78 is 0. The van der Waals surface area contributed by atoms with Crippen LogP contribution in [-0.4, -0.2) is 4.98 Å². The van der Waals surface area contributed by atoms with E-state index >= 15 is 0 Å². The summed E-state index contributed by atoms with van der Waals surface area (Å²) in [7, 11) is 0. The predicted octanol–water partition coefficient (Wildman–Crippen LogP) is 1.80. The van der Waals surface area contributed by atoms with E-state index in [4.69, 9.17) is 5.73 Å². The number of hydrogen-bond acceptors (Lipinski definition) is 2. The number of rotatable bonds is 2. The van der Waals surface area contributed by atoms with Crippen LogP contribution in [0.3, 0.4) is 0 Å². The summed E-state index contributed by atoms with van der Waals surface area (Å²) in [5.41, 5.74) is 8.05. The molecular weight excluding hydrogens is 136 g/mol. The SMILES string of the molecule is CC[C@@H](N)c1ccnc(C)c1. The molecule has 0 radical (unpaired) electrons. The second kappa shape index (κ2) is 3.49. The van der Waals surface area contributed by atoms with E-state index in [0.29, 0.717) is 0 Å². The molecule has 0 spiro atoms. The average molecular weight is 150 g/mol. The quantitative estimate of drug-likeness (QED) is 0.698. The Balaban J connectivity index is 2.86. The first-order chi connectivity index (χ1) is 5.24. The molecule has 0 saturated carbocycles. The second-order valence-electron chi connectivity index (χ2n) is 2.75. The maximum atomic E-state index is 5.84.